The van der Waals surface area contributed by atoms with Crippen molar-refractivity contribution in [3.63, 3.8) is 0 Å². The third kappa shape index (κ3) is 4.26. The highest BCUT2D eigenvalue weighted by Gasteiger charge is 2.31. The Kier molecular flexibility index (Phi) is 4.77. The van der Waals surface area contributed by atoms with Crippen LogP contribution in [0.1, 0.15) is 11.3 Å². The fourth-order valence-corrected chi connectivity index (χ4v) is 2.89. The molecule has 1 amide bonds. The van der Waals surface area contributed by atoms with E-state index >= 15 is 0 Å². The van der Waals surface area contributed by atoms with Gasteiger partial charge in [-0.25, -0.2) is 4.99 Å². The Morgan fingerprint density at radius 3 is 2.58 bits per heavy atom. The van der Waals surface area contributed by atoms with Gasteiger partial charge < -0.3 is 10.1 Å². The molecule has 1 aromatic heterocycles. The zero-order chi connectivity index (χ0) is 18.9. The van der Waals surface area contributed by atoms with Crippen LogP contribution in [0.25, 0.3) is 6.08 Å². The molecule has 0 bridgehead atoms. The van der Waals surface area contributed by atoms with Gasteiger partial charge in [-0.3, -0.25) is 9.48 Å². The van der Waals surface area contributed by atoms with Crippen LogP contribution in [0.3, 0.4) is 0 Å². The number of nitrogens with zero attached hydrogens (tertiary/aromatic N) is 3. The van der Waals surface area contributed by atoms with Crippen molar-refractivity contribution in [2.75, 3.05) is 0 Å². The maximum absolute atomic E-state index is 12.2. The van der Waals surface area contributed by atoms with Crippen LogP contribution in [0.5, 0.6) is 5.75 Å². The first-order valence-electron chi connectivity index (χ1n) is 7.35. The number of carbonyl (C=O) groups excluding carboxylic acids is 1. The Morgan fingerprint density at radius 1 is 1.31 bits per heavy atom. The van der Waals surface area contributed by atoms with Crippen LogP contribution in [0, 0.1) is 6.92 Å². The molecule has 1 aromatic carbocycles. The number of hydrogen-bond donors (Lipinski definition) is 1. The maximum Gasteiger partial charge on any atom is 0.573 e. The minimum Gasteiger partial charge on any atom is -0.406 e. The third-order valence-electron chi connectivity index (χ3n) is 3.53. The van der Waals surface area contributed by atoms with E-state index in [1.807, 2.05) is 14.0 Å². The minimum absolute atomic E-state index is 0.284. The summed E-state index contributed by atoms with van der Waals surface area (Å²) < 4.78 is 42.1. The summed E-state index contributed by atoms with van der Waals surface area (Å²) in [6, 6.07) is 5.06. The van der Waals surface area contributed by atoms with E-state index in [1.54, 1.807) is 17.0 Å². The number of benzene rings is 1. The van der Waals surface area contributed by atoms with Crippen LogP contribution in [0.4, 0.5) is 23.7 Å². The van der Waals surface area contributed by atoms with E-state index in [0.717, 1.165) is 35.2 Å². The van der Waals surface area contributed by atoms with Gasteiger partial charge in [-0.05, 0) is 49.0 Å². The number of thioether (sulfide) groups is 1. The number of hydrogen-bond acceptors (Lipinski definition) is 5. The molecule has 1 N–H and O–H groups in total. The van der Waals surface area contributed by atoms with E-state index in [2.05, 4.69) is 20.1 Å². The standard InChI is InChI=1S/C16H13F3N4O2S/c1-9-10(8-20-23(9)2)7-13-14(22-15(24)26-13)21-11-3-5-12(6-4-11)25-16(17,18)19/h3-8H,1-2H3,(H,21,22,24)/b13-7+. The molecule has 1 saturated heterocycles. The van der Waals surface area contributed by atoms with E-state index in [1.165, 1.54) is 12.1 Å². The monoisotopic (exact) mass is 382 g/mol. The minimum atomic E-state index is -4.75. The summed E-state index contributed by atoms with van der Waals surface area (Å²) in [6.07, 6.45) is -1.29. The molecule has 0 saturated carbocycles. The molecule has 3 rings (SSSR count). The van der Waals surface area contributed by atoms with E-state index < -0.39 is 6.36 Å². The van der Waals surface area contributed by atoms with Gasteiger partial charge in [-0.2, -0.15) is 5.10 Å². The van der Waals surface area contributed by atoms with E-state index in [-0.39, 0.29) is 11.0 Å². The average molecular weight is 382 g/mol. The predicted octanol–water partition coefficient (Wildman–Crippen LogP) is 4.15. The lowest BCUT2D eigenvalue weighted by molar-refractivity contribution is -0.274. The number of nitrogens with one attached hydrogen (secondary N) is 1. The molecule has 26 heavy (non-hydrogen) atoms. The van der Waals surface area contributed by atoms with E-state index in [4.69, 9.17) is 0 Å². The summed E-state index contributed by atoms with van der Waals surface area (Å²) in [6.45, 7) is 1.89. The van der Waals surface area contributed by atoms with Crippen molar-refractivity contribution >= 4 is 34.6 Å². The molecule has 10 heteroatoms. The van der Waals surface area contributed by atoms with Crippen molar-refractivity contribution in [2.45, 2.75) is 13.3 Å². The Balaban J connectivity index is 1.86. The quantitative estimate of drug-likeness (QED) is 0.866. The van der Waals surface area contributed by atoms with Gasteiger partial charge in [-0.1, -0.05) is 0 Å². The molecule has 2 aromatic rings. The molecule has 2 heterocycles. The molecular formula is C16H13F3N4O2S. The van der Waals surface area contributed by atoms with Gasteiger partial charge in [0.2, 0.25) is 0 Å². The maximum atomic E-state index is 12.2. The number of aliphatic imine (C=N–C) groups is 1. The van der Waals surface area contributed by atoms with Crippen LogP contribution in [-0.2, 0) is 7.05 Å². The fraction of sp³-hybridized carbons (Fsp3) is 0.188. The highest BCUT2D eigenvalue weighted by Crippen LogP contribution is 2.30. The number of carbonyl (C=O) groups is 1. The van der Waals surface area contributed by atoms with Crippen molar-refractivity contribution in [2.24, 2.45) is 12.0 Å². The zero-order valence-corrected chi connectivity index (χ0v) is 14.5. The normalized spacial score (nSPS) is 17.8. The second-order valence-corrected chi connectivity index (χ2v) is 6.35. The molecule has 1 fully saturated rings. The Morgan fingerprint density at radius 2 is 2.00 bits per heavy atom. The second kappa shape index (κ2) is 6.87. The molecule has 0 aliphatic carbocycles. The number of rotatable bonds is 3. The lowest BCUT2D eigenvalue weighted by Gasteiger charge is -2.08. The Bertz CT molecular complexity index is 901. The molecule has 0 unspecified atom stereocenters. The van der Waals surface area contributed by atoms with Crippen LogP contribution in [-0.4, -0.2) is 27.2 Å². The predicted molar refractivity (Wildman–Crippen MR) is 92.3 cm³/mol. The van der Waals surface area contributed by atoms with Crippen LogP contribution < -0.4 is 10.1 Å². The highest BCUT2D eigenvalue weighted by molar-refractivity contribution is 8.18. The number of ether oxygens (including phenoxy) is 1. The van der Waals surface area contributed by atoms with Gasteiger partial charge in [0.1, 0.15) is 11.6 Å². The number of aryl methyl sites for hydroxylation is 1. The van der Waals surface area contributed by atoms with Gasteiger partial charge >= 0.3 is 6.36 Å². The topological polar surface area (TPSA) is 68.5 Å². The van der Waals surface area contributed by atoms with Gasteiger partial charge in [0, 0.05) is 18.3 Å². The molecule has 1 aliphatic heterocycles. The average Bonchev–Trinajstić information content (AvgIpc) is 3.05. The highest BCUT2D eigenvalue weighted by atomic mass is 32.2. The van der Waals surface area contributed by atoms with Crippen molar-refractivity contribution in [3.8, 4) is 5.75 Å². The van der Waals surface area contributed by atoms with Gasteiger partial charge in [0.15, 0.2) is 0 Å². The third-order valence-corrected chi connectivity index (χ3v) is 4.35. The number of amidine groups is 1. The lowest BCUT2D eigenvalue weighted by Crippen LogP contribution is -2.18. The molecule has 6 nitrogen and oxygen atoms in total. The molecule has 0 spiro atoms. The first-order valence-corrected chi connectivity index (χ1v) is 8.17. The van der Waals surface area contributed by atoms with Crippen molar-refractivity contribution in [1.82, 2.24) is 15.1 Å². The van der Waals surface area contributed by atoms with Crippen molar-refractivity contribution in [1.29, 1.82) is 0 Å². The second-order valence-electron chi connectivity index (χ2n) is 5.33. The van der Waals surface area contributed by atoms with Crippen molar-refractivity contribution < 1.29 is 22.7 Å². The Hall–Kier alpha value is -2.75. The van der Waals surface area contributed by atoms with E-state index in [0.29, 0.717) is 16.4 Å². The first kappa shape index (κ1) is 18.1. The smallest absolute Gasteiger partial charge is 0.406 e. The van der Waals surface area contributed by atoms with Crippen LogP contribution in [0.15, 0.2) is 40.4 Å². The van der Waals surface area contributed by atoms with Gasteiger partial charge in [-0.15, -0.1) is 13.2 Å². The zero-order valence-electron chi connectivity index (χ0n) is 13.7. The number of amides is 1. The van der Waals surface area contributed by atoms with Gasteiger partial charge in [0.25, 0.3) is 5.24 Å². The SMILES string of the molecule is Cc1c(/C=C2/SC(=O)NC2=Nc2ccc(OC(F)(F)F)cc2)cnn1C. The summed E-state index contributed by atoms with van der Waals surface area (Å²) in [7, 11) is 1.81. The summed E-state index contributed by atoms with van der Waals surface area (Å²) in [5.74, 6) is -0.0132. The molecule has 0 atom stereocenters. The van der Waals surface area contributed by atoms with Crippen molar-refractivity contribution in [3.05, 3.63) is 46.6 Å². The number of halogens is 3. The molecule has 0 radical (unpaired) electrons. The van der Waals surface area contributed by atoms with Crippen LogP contribution in [0.2, 0.25) is 0 Å². The van der Waals surface area contributed by atoms with Gasteiger partial charge in [0.05, 0.1) is 16.8 Å². The summed E-state index contributed by atoms with van der Waals surface area (Å²) in [5.41, 5.74) is 2.14. The summed E-state index contributed by atoms with van der Waals surface area (Å²) >= 11 is 0.987. The van der Waals surface area contributed by atoms with Crippen LogP contribution >= 0.6 is 11.8 Å². The lowest BCUT2D eigenvalue weighted by atomic mass is 10.2. The first-order chi connectivity index (χ1) is 12.2. The molecular weight excluding hydrogens is 369 g/mol. The Labute approximate surface area is 150 Å². The fourth-order valence-electron chi connectivity index (χ4n) is 2.16. The molecule has 136 valence electrons. The summed E-state index contributed by atoms with van der Waals surface area (Å²) in [5, 5.41) is 6.47. The number of alkyl halides is 3. The molecule has 1 aliphatic rings. The summed E-state index contributed by atoms with van der Waals surface area (Å²) in [4.78, 5) is 16.6. The largest absolute Gasteiger partial charge is 0.573 e. The van der Waals surface area contributed by atoms with E-state index in [9.17, 15) is 18.0 Å². The number of aromatic nitrogens is 2.